The number of H-pyrrole nitrogens is 1. The molecule has 2 aromatic heterocycles. The van der Waals surface area contributed by atoms with E-state index in [2.05, 4.69) is 36.4 Å². The number of aromatic carboxylic acids is 1. The van der Waals surface area contributed by atoms with Gasteiger partial charge < -0.3 is 10.4 Å². The number of carboxylic acid groups (broad SMARTS) is 1. The Kier molecular flexibility index (Phi) is 6.62. The van der Waals surface area contributed by atoms with Gasteiger partial charge in [-0.1, -0.05) is 15.9 Å². The minimum atomic E-state index is -1.01. The summed E-state index contributed by atoms with van der Waals surface area (Å²) < 4.78 is 2.89. The molecule has 32 heavy (non-hydrogen) atoms. The first-order valence-corrected chi connectivity index (χ1v) is 11.2. The Hall–Kier alpha value is -3.50. The number of pyridine rings is 1. The number of halogens is 1. The van der Waals surface area contributed by atoms with Gasteiger partial charge in [-0.15, -0.1) is 5.10 Å². The second kappa shape index (κ2) is 9.75. The molecule has 0 bridgehead atoms. The Balaban J connectivity index is 1.54. The van der Waals surface area contributed by atoms with Gasteiger partial charge in [-0.2, -0.15) is 4.57 Å². The number of thioether (sulfide) groups is 1. The summed E-state index contributed by atoms with van der Waals surface area (Å²) in [6.07, 6.45) is 3.44. The fraction of sp³-hybridized carbons (Fsp3) is 0.0455. The molecule has 0 unspecified atom stereocenters. The molecule has 0 aliphatic heterocycles. The van der Waals surface area contributed by atoms with Crippen molar-refractivity contribution in [3.63, 3.8) is 0 Å². The lowest BCUT2D eigenvalue weighted by Crippen LogP contribution is -2.34. The Bertz CT molecular complexity index is 1250. The number of hydrogen-bond acceptors (Lipinski definition) is 5. The van der Waals surface area contributed by atoms with E-state index in [4.69, 9.17) is 5.11 Å². The van der Waals surface area contributed by atoms with Crippen LogP contribution in [0, 0.1) is 0 Å². The van der Waals surface area contributed by atoms with Crippen LogP contribution in [0.2, 0.25) is 0 Å². The molecule has 3 N–H and O–H groups in total. The zero-order valence-corrected chi connectivity index (χ0v) is 18.9. The Morgan fingerprint density at radius 3 is 2.50 bits per heavy atom. The highest BCUT2D eigenvalue weighted by Crippen LogP contribution is 2.21. The summed E-state index contributed by atoms with van der Waals surface area (Å²) in [5.41, 5.74) is 2.43. The number of hydrogen-bond donors (Lipinski definition) is 3. The lowest BCUT2D eigenvalue weighted by Gasteiger charge is -2.06. The molecule has 0 radical (unpaired) electrons. The van der Waals surface area contributed by atoms with E-state index >= 15 is 0 Å². The first kappa shape index (κ1) is 21.7. The third kappa shape index (κ3) is 5.04. The number of nitrogens with one attached hydrogen (secondary N) is 2. The summed E-state index contributed by atoms with van der Waals surface area (Å²) >= 11 is 4.73. The molecular weight excluding hydrogens is 494 g/mol. The summed E-state index contributed by atoms with van der Waals surface area (Å²) in [6.45, 7) is 0. The number of benzene rings is 2. The summed E-state index contributed by atoms with van der Waals surface area (Å²) in [4.78, 5) is 27.6. The van der Waals surface area contributed by atoms with Crippen molar-refractivity contribution in [2.45, 2.75) is 5.16 Å². The minimum Gasteiger partial charge on any atom is -0.478 e. The number of carbonyl (C=O) groups is 2. The smallest absolute Gasteiger partial charge is 0.342 e. The van der Waals surface area contributed by atoms with Crippen molar-refractivity contribution in [2.24, 2.45) is 0 Å². The Labute approximate surface area is 195 Å². The van der Waals surface area contributed by atoms with Crippen molar-refractivity contribution in [1.29, 1.82) is 0 Å². The van der Waals surface area contributed by atoms with Gasteiger partial charge in [0.25, 0.3) is 5.82 Å². The number of anilines is 1. The third-order valence-corrected chi connectivity index (χ3v) is 5.91. The van der Waals surface area contributed by atoms with Crippen LogP contribution in [-0.2, 0) is 4.79 Å². The van der Waals surface area contributed by atoms with Gasteiger partial charge in [0.15, 0.2) is 0 Å². The molecule has 1 amide bonds. The number of aromatic nitrogens is 4. The topological polar surface area (TPSA) is 112 Å². The molecule has 2 aromatic carbocycles. The summed E-state index contributed by atoms with van der Waals surface area (Å²) in [5, 5.41) is 19.8. The lowest BCUT2D eigenvalue weighted by atomic mass is 10.2. The molecule has 0 spiro atoms. The predicted octanol–water partition coefficient (Wildman–Crippen LogP) is 3.94. The van der Waals surface area contributed by atoms with Gasteiger partial charge in [-0.05, 0) is 72.4 Å². The highest BCUT2D eigenvalue weighted by molar-refractivity contribution is 9.10. The van der Waals surface area contributed by atoms with Crippen LogP contribution in [-0.4, -0.2) is 37.9 Å². The lowest BCUT2D eigenvalue weighted by molar-refractivity contribution is -0.625. The Morgan fingerprint density at radius 1 is 1.09 bits per heavy atom. The first-order valence-electron chi connectivity index (χ1n) is 9.44. The average Bonchev–Trinajstić information content (AvgIpc) is 3.23. The molecule has 0 saturated carbocycles. The predicted molar refractivity (Wildman–Crippen MR) is 124 cm³/mol. The minimum absolute atomic E-state index is 0.120. The molecular formula is C22H17BrN5O3S+. The molecule has 2 heterocycles. The molecule has 8 nitrogen and oxygen atoms in total. The van der Waals surface area contributed by atoms with Crippen molar-refractivity contribution in [2.75, 3.05) is 11.1 Å². The van der Waals surface area contributed by atoms with Crippen LogP contribution in [0.1, 0.15) is 10.4 Å². The number of aromatic amines is 1. The SMILES string of the molecule is O=C(CSc1n[nH]c(-c2cccnc2)[n+]1-c1ccc(Br)cc1)Nc1ccc(C(=O)O)cc1. The summed E-state index contributed by atoms with van der Waals surface area (Å²) in [7, 11) is 0. The van der Waals surface area contributed by atoms with Gasteiger partial charge in [0.05, 0.1) is 22.0 Å². The van der Waals surface area contributed by atoms with Crippen LogP contribution in [0.3, 0.4) is 0 Å². The molecule has 0 aliphatic rings. The Morgan fingerprint density at radius 2 is 1.84 bits per heavy atom. The standard InChI is InChI=1S/C22H16BrN5O3S/c23-16-5-9-18(10-6-16)28-20(15-2-1-11-24-12-15)26-27-22(28)32-13-19(29)25-17-7-3-14(4-8-17)21(30)31/h1-12H,13H2,(H2,25,29,30,31)/p+1. The van der Waals surface area contributed by atoms with Crippen LogP contribution < -0.4 is 9.88 Å². The summed E-state index contributed by atoms with van der Waals surface area (Å²) in [6, 6.07) is 17.6. The van der Waals surface area contributed by atoms with Crippen LogP contribution in [0.15, 0.2) is 82.7 Å². The van der Waals surface area contributed by atoms with E-state index in [1.807, 2.05) is 41.0 Å². The van der Waals surface area contributed by atoms with Crippen molar-refractivity contribution < 1.29 is 19.3 Å². The molecule has 0 saturated heterocycles. The number of carboxylic acids is 1. The van der Waals surface area contributed by atoms with E-state index in [-0.39, 0.29) is 17.2 Å². The van der Waals surface area contributed by atoms with E-state index in [1.165, 1.54) is 23.9 Å². The molecule has 0 atom stereocenters. The molecule has 0 fully saturated rings. The maximum Gasteiger partial charge on any atom is 0.342 e. The maximum absolute atomic E-state index is 12.5. The van der Waals surface area contributed by atoms with E-state index in [1.54, 1.807) is 24.5 Å². The maximum atomic E-state index is 12.5. The quantitative estimate of drug-likeness (QED) is 0.256. The van der Waals surface area contributed by atoms with Crippen molar-refractivity contribution in [1.82, 2.24) is 15.2 Å². The van der Waals surface area contributed by atoms with E-state index in [0.29, 0.717) is 10.8 Å². The van der Waals surface area contributed by atoms with Crippen LogP contribution in [0.4, 0.5) is 5.69 Å². The van der Waals surface area contributed by atoms with Crippen molar-refractivity contribution in [3.8, 4) is 17.1 Å². The second-order valence-corrected chi connectivity index (χ2v) is 8.49. The van der Waals surface area contributed by atoms with E-state index < -0.39 is 5.97 Å². The molecule has 0 aliphatic carbocycles. The van der Waals surface area contributed by atoms with Gasteiger partial charge in [0.1, 0.15) is 5.69 Å². The van der Waals surface area contributed by atoms with Gasteiger partial charge in [-0.3, -0.25) is 9.78 Å². The molecule has 4 aromatic rings. The van der Waals surface area contributed by atoms with E-state index in [9.17, 15) is 9.59 Å². The average molecular weight is 511 g/mol. The second-order valence-electron chi connectivity index (χ2n) is 6.63. The fourth-order valence-electron chi connectivity index (χ4n) is 2.94. The summed E-state index contributed by atoms with van der Waals surface area (Å²) in [5.74, 6) is -0.382. The first-order chi connectivity index (χ1) is 15.5. The monoisotopic (exact) mass is 510 g/mol. The van der Waals surface area contributed by atoms with Gasteiger partial charge in [0, 0.05) is 22.6 Å². The van der Waals surface area contributed by atoms with Gasteiger partial charge in [-0.25, -0.2) is 4.79 Å². The van der Waals surface area contributed by atoms with Gasteiger partial charge in [0.2, 0.25) is 5.91 Å². The zero-order chi connectivity index (χ0) is 22.5. The number of rotatable bonds is 7. The van der Waals surface area contributed by atoms with Crippen molar-refractivity contribution in [3.05, 3.63) is 83.1 Å². The van der Waals surface area contributed by atoms with E-state index in [0.717, 1.165) is 21.5 Å². The third-order valence-electron chi connectivity index (χ3n) is 4.44. The van der Waals surface area contributed by atoms with Crippen molar-refractivity contribution >= 4 is 45.3 Å². The molecule has 160 valence electrons. The molecule has 10 heteroatoms. The number of carbonyl (C=O) groups excluding carboxylic acids is 1. The zero-order valence-electron chi connectivity index (χ0n) is 16.5. The van der Waals surface area contributed by atoms with Gasteiger partial charge >= 0.3 is 11.1 Å². The number of nitrogens with zero attached hydrogens (tertiary/aromatic N) is 3. The largest absolute Gasteiger partial charge is 0.478 e. The van der Waals surface area contributed by atoms with Crippen LogP contribution >= 0.6 is 27.7 Å². The highest BCUT2D eigenvalue weighted by atomic mass is 79.9. The van der Waals surface area contributed by atoms with Crippen LogP contribution in [0.5, 0.6) is 0 Å². The van der Waals surface area contributed by atoms with Crippen LogP contribution in [0.25, 0.3) is 17.1 Å². The number of amides is 1. The molecule has 4 rings (SSSR count). The fourth-order valence-corrected chi connectivity index (χ4v) is 3.98. The normalized spacial score (nSPS) is 10.7. The highest BCUT2D eigenvalue weighted by Gasteiger charge is 2.24.